The minimum Gasteiger partial charge on any atom is -0.497 e. The van der Waals surface area contributed by atoms with Gasteiger partial charge in [0.25, 0.3) is 0 Å². The SMILES string of the molecule is COc1cccc(CC(=O)NC[C@@H](c2ccco2)[NH+](C)C)c1. The molecule has 2 aromatic rings. The van der Waals surface area contributed by atoms with Crippen molar-refractivity contribution in [1.29, 1.82) is 0 Å². The number of hydrogen-bond donors (Lipinski definition) is 2. The summed E-state index contributed by atoms with van der Waals surface area (Å²) in [6.07, 6.45) is 1.99. The maximum atomic E-state index is 12.1. The summed E-state index contributed by atoms with van der Waals surface area (Å²) in [5, 5.41) is 2.98. The first-order valence-electron chi connectivity index (χ1n) is 7.33. The van der Waals surface area contributed by atoms with Crippen LogP contribution in [0.15, 0.2) is 47.1 Å². The molecule has 1 amide bonds. The van der Waals surface area contributed by atoms with E-state index in [0.29, 0.717) is 13.0 Å². The highest BCUT2D eigenvalue weighted by molar-refractivity contribution is 5.78. The fourth-order valence-corrected chi connectivity index (χ4v) is 2.32. The van der Waals surface area contributed by atoms with Gasteiger partial charge in [0.2, 0.25) is 5.91 Å². The van der Waals surface area contributed by atoms with E-state index in [9.17, 15) is 4.79 Å². The van der Waals surface area contributed by atoms with Crippen LogP contribution < -0.4 is 15.0 Å². The topological polar surface area (TPSA) is 55.9 Å². The smallest absolute Gasteiger partial charge is 0.224 e. The van der Waals surface area contributed by atoms with Gasteiger partial charge in [0.15, 0.2) is 11.8 Å². The van der Waals surface area contributed by atoms with Crippen LogP contribution in [-0.4, -0.2) is 33.7 Å². The third-order valence-electron chi connectivity index (χ3n) is 3.59. The van der Waals surface area contributed by atoms with Crippen molar-refractivity contribution in [2.45, 2.75) is 12.5 Å². The minimum absolute atomic E-state index is 0.00828. The summed E-state index contributed by atoms with van der Waals surface area (Å²) in [4.78, 5) is 13.3. The van der Waals surface area contributed by atoms with Gasteiger partial charge in [-0.2, -0.15) is 0 Å². The Labute approximate surface area is 130 Å². The average molecular weight is 303 g/mol. The fourth-order valence-electron chi connectivity index (χ4n) is 2.32. The zero-order valence-electron chi connectivity index (χ0n) is 13.3. The van der Waals surface area contributed by atoms with Crippen LogP contribution in [0.2, 0.25) is 0 Å². The largest absolute Gasteiger partial charge is 0.497 e. The lowest BCUT2D eigenvalue weighted by molar-refractivity contribution is -0.891. The number of amides is 1. The van der Waals surface area contributed by atoms with E-state index >= 15 is 0 Å². The summed E-state index contributed by atoms with van der Waals surface area (Å²) in [6, 6.07) is 11.4. The van der Waals surface area contributed by atoms with Gasteiger partial charge in [0.05, 0.1) is 40.4 Å². The molecule has 0 unspecified atom stereocenters. The molecule has 0 spiro atoms. The van der Waals surface area contributed by atoms with Crippen molar-refractivity contribution < 1.29 is 18.8 Å². The second kappa shape index (κ2) is 7.66. The summed E-state index contributed by atoms with van der Waals surface area (Å²) >= 11 is 0. The number of ether oxygens (including phenoxy) is 1. The molecular formula is C17H23N2O3+. The molecule has 5 heteroatoms. The van der Waals surface area contributed by atoms with Crippen molar-refractivity contribution >= 4 is 5.91 Å². The van der Waals surface area contributed by atoms with Crippen LogP contribution in [-0.2, 0) is 11.2 Å². The van der Waals surface area contributed by atoms with Gasteiger partial charge in [-0.25, -0.2) is 0 Å². The van der Waals surface area contributed by atoms with Crippen LogP contribution in [0.1, 0.15) is 17.4 Å². The second-order valence-electron chi connectivity index (χ2n) is 5.48. The predicted molar refractivity (Wildman–Crippen MR) is 84.0 cm³/mol. The molecule has 1 atom stereocenters. The molecule has 2 N–H and O–H groups in total. The number of nitrogens with one attached hydrogen (secondary N) is 2. The average Bonchev–Trinajstić information content (AvgIpc) is 3.01. The molecule has 1 heterocycles. The molecule has 2 rings (SSSR count). The number of benzene rings is 1. The Hall–Kier alpha value is -2.27. The normalized spacial score (nSPS) is 12.2. The number of carbonyl (C=O) groups is 1. The van der Waals surface area contributed by atoms with Gasteiger partial charge < -0.3 is 19.4 Å². The molecule has 1 aromatic carbocycles. The highest BCUT2D eigenvalue weighted by Crippen LogP contribution is 2.13. The minimum atomic E-state index is -0.00828. The van der Waals surface area contributed by atoms with E-state index in [1.165, 1.54) is 4.90 Å². The quantitative estimate of drug-likeness (QED) is 0.797. The van der Waals surface area contributed by atoms with Crippen LogP contribution in [0.5, 0.6) is 5.75 Å². The molecular weight excluding hydrogens is 280 g/mol. The highest BCUT2D eigenvalue weighted by atomic mass is 16.5. The Kier molecular flexibility index (Phi) is 5.61. The summed E-state index contributed by atoms with van der Waals surface area (Å²) < 4.78 is 10.6. The molecule has 5 nitrogen and oxygen atoms in total. The number of hydrogen-bond acceptors (Lipinski definition) is 3. The lowest BCUT2D eigenvalue weighted by Crippen LogP contribution is -3.07. The lowest BCUT2D eigenvalue weighted by atomic mass is 10.1. The van der Waals surface area contributed by atoms with E-state index in [0.717, 1.165) is 17.1 Å². The van der Waals surface area contributed by atoms with E-state index < -0.39 is 0 Å². The standard InChI is InChI=1S/C17H22N2O3/c1-19(2)15(16-8-5-9-22-16)12-18-17(20)11-13-6-4-7-14(10-13)21-3/h4-10,15H,11-12H2,1-3H3,(H,18,20)/p+1/t15-/m0/s1. The second-order valence-corrected chi connectivity index (χ2v) is 5.48. The van der Waals surface area contributed by atoms with E-state index in [2.05, 4.69) is 5.32 Å². The Morgan fingerprint density at radius 1 is 1.32 bits per heavy atom. The number of quaternary nitrogens is 1. The molecule has 0 saturated heterocycles. The lowest BCUT2D eigenvalue weighted by Gasteiger charge is -2.19. The van der Waals surface area contributed by atoms with Gasteiger partial charge in [-0.15, -0.1) is 0 Å². The zero-order valence-corrected chi connectivity index (χ0v) is 13.3. The highest BCUT2D eigenvalue weighted by Gasteiger charge is 2.21. The molecule has 0 radical (unpaired) electrons. The van der Waals surface area contributed by atoms with Gasteiger partial charge >= 0.3 is 0 Å². The molecule has 22 heavy (non-hydrogen) atoms. The van der Waals surface area contributed by atoms with Crippen LogP contribution >= 0.6 is 0 Å². The Morgan fingerprint density at radius 3 is 2.77 bits per heavy atom. The third-order valence-corrected chi connectivity index (χ3v) is 3.59. The maximum absolute atomic E-state index is 12.1. The molecule has 0 bridgehead atoms. The molecule has 0 aliphatic rings. The number of methoxy groups -OCH3 is 1. The molecule has 0 fully saturated rings. The van der Waals surface area contributed by atoms with Crippen LogP contribution in [0.25, 0.3) is 0 Å². The van der Waals surface area contributed by atoms with Crippen LogP contribution in [0.4, 0.5) is 0 Å². The van der Waals surface area contributed by atoms with E-state index in [-0.39, 0.29) is 11.9 Å². The first-order chi connectivity index (χ1) is 10.6. The van der Waals surface area contributed by atoms with Gasteiger partial charge in [-0.3, -0.25) is 4.79 Å². The first kappa shape index (κ1) is 16.1. The molecule has 1 aromatic heterocycles. The number of furan rings is 1. The zero-order chi connectivity index (χ0) is 15.9. The summed E-state index contributed by atoms with van der Waals surface area (Å²) in [5.74, 6) is 1.63. The van der Waals surface area contributed by atoms with E-state index in [4.69, 9.17) is 9.15 Å². The predicted octanol–water partition coefficient (Wildman–Crippen LogP) is 0.833. The third kappa shape index (κ3) is 4.36. The van der Waals surface area contributed by atoms with Crippen LogP contribution in [0, 0.1) is 0 Å². The summed E-state index contributed by atoms with van der Waals surface area (Å²) in [5.41, 5.74) is 0.934. The number of likely N-dealkylation sites (N-methyl/N-ethyl adjacent to an activating group) is 1. The Morgan fingerprint density at radius 2 is 2.14 bits per heavy atom. The van der Waals surface area contributed by atoms with Crippen molar-refractivity contribution in [2.75, 3.05) is 27.7 Å². The van der Waals surface area contributed by atoms with Gasteiger partial charge in [0, 0.05) is 0 Å². The van der Waals surface area contributed by atoms with Gasteiger partial charge in [-0.05, 0) is 29.8 Å². The summed E-state index contributed by atoms with van der Waals surface area (Å²) in [7, 11) is 5.70. The maximum Gasteiger partial charge on any atom is 0.224 e. The summed E-state index contributed by atoms with van der Waals surface area (Å²) in [6.45, 7) is 0.540. The van der Waals surface area contributed by atoms with Gasteiger partial charge in [-0.1, -0.05) is 12.1 Å². The fraction of sp³-hybridized carbons (Fsp3) is 0.353. The van der Waals surface area contributed by atoms with Gasteiger partial charge in [0.1, 0.15) is 5.75 Å². The van der Waals surface area contributed by atoms with Crippen molar-refractivity contribution in [2.24, 2.45) is 0 Å². The van der Waals surface area contributed by atoms with E-state index in [1.807, 2.05) is 50.5 Å². The van der Waals surface area contributed by atoms with Crippen molar-refractivity contribution in [3.63, 3.8) is 0 Å². The van der Waals surface area contributed by atoms with Crippen molar-refractivity contribution in [1.82, 2.24) is 5.32 Å². The number of rotatable bonds is 7. The van der Waals surface area contributed by atoms with Crippen LogP contribution in [0.3, 0.4) is 0 Å². The van der Waals surface area contributed by atoms with E-state index in [1.54, 1.807) is 13.4 Å². The van der Waals surface area contributed by atoms with Crippen molar-refractivity contribution in [3.8, 4) is 5.75 Å². The molecule has 0 aliphatic carbocycles. The Bertz CT molecular complexity index is 594. The molecule has 0 saturated carbocycles. The monoisotopic (exact) mass is 303 g/mol. The van der Waals surface area contributed by atoms with Crippen molar-refractivity contribution in [3.05, 3.63) is 54.0 Å². The number of carbonyl (C=O) groups excluding carboxylic acids is 1. The molecule has 0 aliphatic heterocycles. The Balaban J connectivity index is 1.91. The molecule has 118 valence electrons. The first-order valence-corrected chi connectivity index (χ1v) is 7.33.